The second kappa shape index (κ2) is 7.05. The van der Waals surface area contributed by atoms with Gasteiger partial charge in [-0.15, -0.1) is 0 Å². The Hall–Kier alpha value is -1.69. The molecule has 0 unspecified atom stereocenters. The monoisotopic (exact) mass is 345 g/mol. The molecule has 0 aromatic heterocycles. The third-order valence-electron chi connectivity index (χ3n) is 4.52. The molecule has 0 amide bonds. The minimum atomic E-state index is -3.43. The van der Waals surface area contributed by atoms with Crippen molar-refractivity contribution in [3.8, 4) is 0 Å². The van der Waals surface area contributed by atoms with Crippen LogP contribution in [0.4, 0.5) is 0 Å². The summed E-state index contributed by atoms with van der Waals surface area (Å²) in [6.07, 6.45) is 1.70. The summed E-state index contributed by atoms with van der Waals surface area (Å²) >= 11 is 0. The van der Waals surface area contributed by atoms with Crippen LogP contribution in [0.25, 0.3) is 0 Å². The van der Waals surface area contributed by atoms with Gasteiger partial charge in [-0.05, 0) is 17.5 Å². The Labute approximate surface area is 144 Å². The summed E-state index contributed by atoms with van der Waals surface area (Å²) in [6, 6.07) is 20.8. The minimum Gasteiger partial charge on any atom is -0.284 e. The predicted octanol–water partition coefficient (Wildman–Crippen LogP) is 3.22. The largest absolute Gasteiger partial charge is 0.284 e. The van der Waals surface area contributed by atoms with E-state index in [1.54, 1.807) is 0 Å². The molecule has 1 aliphatic rings. The zero-order valence-electron chi connectivity index (χ0n) is 14.0. The lowest BCUT2D eigenvalue weighted by atomic mass is 9.88. The Bertz CT molecular complexity index is 722. The van der Waals surface area contributed by atoms with Crippen LogP contribution in [0.1, 0.15) is 30.5 Å². The van der Waals surface area contributed by atoms with Crippen LogP contribution in [0.2, 0.25) is 0 Å². The van der Waals surface area contributed by atoms with Crippen LogP contribution in [0.3, 0.4) is 0 Å². The number of likely N-dealkylation sites (tertiary alicyclic amines) is 1. The van der Waals surface area contributed by atoms with Gasteiger partial charge in [0.25, 0.3) is 10.1 Å². The summed E-state index contributed by atoms with van der Waals surface area (Å²) in [4.78, 5) is 2.33. The van der Waals surface area contributed by atoms with Crippen LogP contribution in [-0.4, -0.2) is 38.3 Å². The summed E-state index contributed by atoms with van der Waals surface area (Å²) in [5.74, 6) is 0. The Morgan fingerprint density at radius 3 is 1.96 bits per heavy atom. The average molecular weight is 345 g/mol. The molecule has 0 radical (unpaired) electrons. The van der Waals surface area contributed by atoms with Gasteiger partial charge in [0.15, 0.2) is 0 Å². The SMILES string of the molecule is CC[C@@H]1[C@@H](OS(C)(=O)=O)CN1C(c1ccccc1)c1ccccc1. The van der Waals surface area contributed by atoms with Crippen molar-refractivity contribution in [2.45, 2.75) is 31.5 Å². The first-order chi connectivity index (χ1) is 11.5. The van der Waals surface area contributed by atoms with Crippen molar-refractivity contribution in [3.63, 3.8) is 0 Å². The number of nitrogens with zero attached hydrogens (tertiary/aromatic N) is 1. The van der Waals surface area contributed by atoms with Gasteiger partial charge in [0.05, 0.1) is 12.3 Å². The van der Waals surface area contributed by atoms with E-state index in [0.717, 1.165) is 12.7 Å². The molecule has 0 saturated carbocycles. The highest BCUT2D eigenvalue weighted by atomic mass is 32.2. The predicted molar refractivity (Wildman–Crippen MR) is 95.2 cm³/mol. The van der Waals surface area contributed by atoms with Crippen LogP contribution < -0.4 is 0 Å². The van der Waals surface area contributed by atoms with Gasteiger partial charge in [0, 0.05) is 12.6 Å². The quantitative estimate of drug-likeness (QED) is 0.754. The van der Waals surface area contributed by atoms with Gasteiger partial charge in [0.1, 0.15) is 6.10 Å². The maximum Gasteiger partial charge on any atom is 0.264 e. The average Bonchev–Trinajstić information content (AvgIpc) is 2.55. The molecule has 1 saturated heterocycles. The van der Waals surface area contributed by atoms with Crippen molar-refractivity contribution in [2.75, 3.05) is 12.8 Å². The fourth-order valence-electron chi connectivity index (χ4n) is 3.50. The standard InChI is InChI=1S/C19H23NO3S/c1-3-17-18(23-24(2,21)22)14-20(17)19(15-10-6-4-7-11-15)16-12-8-5-9-13-16/h4-13,17-19H,3,14H2,1-2H3/t17-,18+/m1/s1. The normalized spacial score (nSPS) is 21.6. The number of rotatable bonds is 6. The zero-order chi connectivity index (χ0) is 17.2. The van der Waals surface area contributed by atoms with Crippen LogP contribution in [0, 0.1) is 0 Å². The van der Waals surface area contributed by atoms with Gasteiger partial charge < -0.3 is 0 Å². The molecule has 0 bridgehead atoms. The van der Waals surface area contributed by atoms with Gasteiger partial charge in [-0.3, -0.25) is 9.08 Å². The van der Waals surface area contributed by atoms with E-state index in [1.165, 1.54) is 11.1 Å². The highest BCUT2D eigenvalue weighted by molar-refractivity contribution is 7.86. The first-order valence-electron chi connectivity index (χ1n) is 8.23. The lowest BCUT2D eigenvalue weighted by Crippen LogP contribution is -2.62. The third kappa shape index (κ3) is 3.69. The fourth-order valence-corrected chi connectivity index (χ4v) is 4.14. The fraction of sp³-hybridized carbons (Fsp3) is 0.368. The molecule has 1 aliphatic heterocycles. The van der Waals surface area contributed by atoms with Crippen LogP contribution in [0.5, 0.6) is 0 Å². The van der Waals surface area contributed by atoms with Crippen molar-refractivity contribution >= 4 is 10.1 Å². The number of benzene rings is 2. The van der Waals surface area contributed by atoms with E-state index in [0.29, 0.717) is 6.54 Å². The molecule has 3 rings (SSSR count). The summed E-state index contributed by atoms with van der Waals surface area (Å²) < 4.78 is 28.2. The van der Waals surface area contributed by atoms with Crippen molar-refractivity contribution in [1.29, 1.82) is 0 Å². The maximum atomic E-state index is 11.5. The van der Waals surface area contributed by atoms with Gasteiger partial charge in [-0.25, -0.2) is 0 Å². The van der Waals surface area contributed by atoms with Crippen LogP contribution in [0.15, 0.2) is 60.7 Å². The van der Waals surface area contributed by atoms with E-state index in [4.69, 9.17) is 4.18 Å². The van der Waals surface area contributed by atoms with Crippen molar-refractivity contribution in [1.82, 2.24) is 4.90 Å². The Morgan fingerprint density at radius 1 is 1.04 bits per heavy atom. The summed E-state index contributed by atoms with van der Waals surface area (Å²) in [5.41, 5.74) is 2.42. The molecular formula is C19H23NO3S. The molecular weight excluding hydrogens is 322 g/mol. The molecule has 0 spiro atoms. The molecule has 128 valence electrons. The van der Waals surface area contributed by atoms with Gasteiger partial charge in [0.2, 0.25) is 0 Å². The van der Waals surface area contributed by atoms with Crippen LogP contribution in [-0.2, 0) is 14.3 Å². The Kier molecular flexibility index (Phi) is 5.04. The maximum absolute atomic E-state index is 11.5. The van der Waals surface area contributed by atoms with E-state index in [-0.39, 0.29) is 18.2 Å². The lowest BCUT2D eigenvalue weighted by molar-refractivity contribution is -0.0616. The molecule has 1 heterocycles. The first kappa shape index (κ1) is 17.1. The van der Waals surface area contributed by atoms with Gasteiger partial charge >= 0.3 is 0 Å². The van der Waals surface area contributed by atoms with Crippen molar-refractivity contribution < 1.29 is 12.6 Å². The molecule has 0 aliphatic carbocycles. The van der Waals surface area contributed by atoms with Gasteiger partial charge in [-0.1, -0.05) is 67.6 Å². The molecule has 24 heavy (non-hydrogen) atoms. The minimum absolute atomic E-state index is 0.0881. The van der Waals surface area contributed by atoms with Crippen LogP contribution >= 0.6 is 0 Å². The highest BCUT2D eigenvalue weighted by Gasteiger charge is 2.44. The second-order valence-electron chi connectivity index (χ2n) is 6.24. The number of hydrogen-bond acceptors (Lipinski definition) is 4. The molecule has 2 atom stereocenters. The topological polar surface area (TPSA) is 46.6 Å². The van der Waals surface area contributed by atoms with Crippen molar-refractivity contribution in [2.24, 2.45) is 0 Å². The van der Waals surface area contributed by atoms with E-state index >= 15 is 0 Å². The first-order valence-corrected chi connectivity index (χ1v) is 10.0. The summed E-state index contributed by atoms with van der Waals surface area (Å²) in [6.45, 7) is 2.68. The molecule has 0 N–H and O–H groups in total. The Morgan fingerprint density at radius 2 is 1.54 bits per heavy atom. The molecule has 1 fully saturated rings. The summed E-state index contributed by atoms with van der Waals surface area (Å²) in [5, 5.41) is 0. The molecule has 2 aromatic carbocycles. The van der Waals surface area contributed by atoms with E-state index < -0.39 is 10.1 Å². The smallest absolute Gasteiger partial charge is 0.264 e. The summed E-state index contributed by atoms with van der Waals surface area (Å²) in [7, 11) is -3.43. The highest BCUT2D eigenvalue weighted by Crippen LogP contribution is 2.38. The second-order valence-corrected chi connectivity index (χ2v) is 7.84. The molecule has 5 heteroatoms. The zero-order valence-corrected chi connectivity index (χ0v) is 14.8. The lowest BCUT2D eigenvalue weighted by Gasteiger charge is -2.51. The Balaban J connectivity index is 1.90. The number of hydrogen-bond donors (Lipinski definition) is 0. The van der Waals surface area contributed by atoms with E-state index in [2.05, 4.69) is 36.1 Å². The van der Waals surface area contributed by atoms with Crippen molar-refractivity contribution in [3.05, 3.63) is 71.8 Å². The molecule has 2 aromatic rings. The van der Waals surface area contributed by atoms with E-state index in [1.807, 2.05) is 36.4 Å². The third-order valence-corrected chi connectivity index (χ3v) is 5.12. The molecule has 4 nitrogen and oxygen atoms in total. The van der Waals surface area contributed by atoms with Gasteiger partial charge in [-0.2, -0.15) is 8.42 Å². The van der Waals surface area contributed by atoms with E-state index in [9.17, 15) is 8.42 Å².